The van der Waals surface area contributed by atoms with Gasteiger partial charge in [-0.2, -0.15) is 0 Å². The smallest absolute Gasteiger partial charge is 0.132 e. The van der Waals surface area contributed by atoms with Gasteiger partial charge >= 0.3 is 0 Å². The van der Waals surface area contributed by atoms with Gasteiger partial charge < -0.3 is 0 Å². The Morgan fingerprint density at radius 1 is 1.21 bits per heavy atom. The van der Waals surface area contributed by atoms with Crippen molar-refractivity contribution < 1.29 is 8.78 Å². The number of alkyl halides is 1. The van der Waals surface area contributed by atoms with E-state index in [9.17, 15) is 8.78 Å². The van der Waals surface area contributed by atoms with E-state index in [1.54, 1.807) is 13.8 Å². The van der Waals surface area contributed by atoms with Crippen molar-refractivity contribution in [1.82, 2.24) is 0 Å². The molecule has 1 aromatic rings. The maximum Gasteiger partial charge on any atom is 0.132 e. The highest BCUT2D eigenvalue weighted by atomic mass is 79.9. The van der Waals surface area contributed by atoms with Crippen LogP contribution in [0.2, 0.25) is 0 Å². The van der Waals surface area contributed by atoms with E-state index in [-0.39, 0.29) is 16.3 Å². The molecule has 0 aromatic heterocycles. The largest absolute Gasteiger partial charge is 0.207 e. The molecule has 0 radical (unpaired) electrons. The van der Waals surface area contributed by atoms with Gasteiger partial charge in [0.05, 0.1) is 0 Å². The second-order valence-electron chi connectivity index (χ2n) is 3.56. The fraction of sp³-hybridized carbons (Fsp3) is 0.455. The van der Waals surface area contributed by atoms with Crippen LogP contribution in [0.25, 0.3) is 0 Å². The summed E-state index contributed by atoms with van der Waals surface area (Å²) < 4.78 is 27.0. The molecule has 0 amide bonds. The van der Waals surface area contributed by atoms with Gasteiger partial charge in [-0.1, -0.05) is 35.8 Å². The van der Waals surface area contributed by atoms with Crippen LogP contribution < -0.4 is 0 Å². The molecule has 0 saturated heterocycles. The molecule has 0 bridgehead atoms. The standard InChI is InChI=1S/C11H13BrF2/c1-6-4-5-9(13)10(11(6)14)7(2)8(3)12/h4-5,7-8H,1-3H3. The maximum absolute atomic E-state index is 13.6. The average molecular weight is 263 g/mol. The van der Waals surface area contributed by atoms with Crippen molar-refractivity contribution in [3.05, 3.63) is 34.9 Å². The van der Waals surface area contributed by atoms with Gasteiger partial charge in [0, 0.05) is 10.4 Å². The summed E-state index contributed by atoms with van der Waals surface area (Å²) in [5, 5.41) is 0. The van der Waals surface area contributed by atoms with Crippen LogP contribution in [0.15, 0.2) is 12.1 Å². The number of hydrogen-bond acceptors (Lipinski definition) is 0. The molecule has 0 heterocycles. The molecule has 0 fully saturated rings. The van der Waals surface area contributed by atoms with Crippen molar-refractivity contribution in [3.63, 3.8) is 0 Å². The summed E-state index contributed by atoms with van der Waals surface area (Å²) >= 11 is 3.34. The number of rotatable bonds is 2. The molecule has 0 nitrogen and oxygen atoms in total. The molecule has 78 valence electrons. The number of halogens is 3. The van der Waals surface area contributed by atoms with Crippen LogP contribution in [0, 0.1) is 18.6 Å². The minimum Gasteiger partial charge on any atom is -0.207 e. The highest BCUT2D eigenvalue weighted by Gasteiger charge is 2.20. The third-order valence-corrected chi connectivity index (χ3v) is 3.26. The molecule has 0 aliphatic carbocycles. The normalized spacial score (nSPS) is 15.3. The van der Waals surface area contributed by atoms with Gasteiger partial charge in [-0.15, -0.1) is 0 Å². The van der Waals surface area contributed by atoms with Gasteiger partial charge in [-0.3, -0.25) is 0 Å². The van der Waals surface area contributed by atoms with Crippen molar-refractivity contribution >= 4 is 15.9 Å². The zero-order valence-electron chi connectivity index (χ0n) is 8.44. The van der Waals surface area contributed by atoms with E-state index in [1.165, 1.54) is 12.1 Å². The van der Waals surface area contributed by atoms with Gasteiger partial charge in [-0.05, 0) is 24.5 Å². The fourth-order valence-electron chi connectivity index (χ4n) is 1.33. The quantitative estimate of drug-likeness (QED) is 0.703. The Morgan fingerprint density at radius 2 is 1.79 bits per heavy atom. The van der Waals surface area contributed by atoms with Gasteiger partial charge in [-0.25, -0.2) is 8.78 Å². The van der Waals surface area contributed by atoms with Gasteiger partial charge in [0.15, 0.2) is 0 Å². The van der Waals surface area contributed by atoms with E-state index in [0.29, 0.717) is 5.56 Å². The molecule has 0 saturated carbocycles. The van der Waals surface area contributed by atoms with Gasteiger partial charge in [0.1, 0.15) is 11.6 Å². The van der Waals surface area contributed by atoms with Crippen molar-refractivity contribution in [1.29, 1.82) is 0 Å². The predicted molar refractivity (Wildman–Crippen MR) is 57.9 cm³/mol. The summed E-state index contributed by atoms with van der Waals surface area (Å²) in [4.78, 5) is 0.0494. The number of aryl methyl sites for hydroxylation is 1. The first kappa shape index (κ1) is 11.6. The molecular formula is C11H13BrF2. The second-order valence-corrected chi connectivity index (χ2v) is 5.00. The highest BCUT2D eigenvalue weighted by Crippen LogP contribution is 2.29. The summed E-state index contributed by atoms with van der Waals surface area (Å²) in [5.74, 6) is -1.06. The average Bonchev–Trinajstić information content (AvgIpc) is 2.12. The van der Waals surface area contributed by atoms with Crippen molar-refractivity contribution in [2.75, 3.05) is 0 Å². The van der Waals surface area contributed by atoms with E-state index >= 15 is 0 Å². The van der Waals surface area contributed by atoms with Crippen LogP contribution >= 0.6 is 15.9 Å². The van der Waals surface area contributed by atoms with Crippen LogP contribution in [-0.2, 0) is 0 Å². The third kappa shape index (κ3) is 2.14. The number of benzene rings is 1. The van der Waals surface area contributed by atoms with E-state index in [1.807, 2.05) is 6.92 Å². The molecule has 14 heavy (non-hydrogen) atoms. The van der Waals surface area contributed by atoms with E-state index in [2.05, 4.69) is 15.9 Å². The summed E-state index contributed by atoms with van der Waals surface area (Å²) in [6, 6.07) is 2.78. The van der Waals surface area contributed by atoms with E-state index < -0.39 is 11.6 Å². The van der Waals surface area contributed by atoms with Gasteiger partial charge in [0.2, 0.25) is 0 Å². The molecular weight excluding hydrogens is 250 g/mol. The molecule has 0 aliphatic rings. The second kappa shape index (κ2) is 4.39. The third-order valence-electron chi connectivity index (χ3n) is 2.46. The van der Waals surface area contributed by atoms with Crippen LogP contribution in [0.1, 0.15) is 30.9 Å². The van der Waals surface area contributed by atoms with Crippen LogP contribution in [0.3, 0.4) is 0 Å². The first-order valence-electron chi connectivity index (χ1n) is 4.53. The first-order valence-corrected chi connectivity index (χ1v) is 5.45. The molecule has 3 heteroatoms. The van der Waals surface area contributed by atoms with Crippen molar-refractivity contribution in [2.45, 2.75) is 31.5 Å². The lowest BCUT2D eigenvalue weighted by Gasteiger charge is -2.17. The van der Waals surface area contributed by atoms with Gasteiger partial charge in [0.25, 0.3) is 0 Å². The fourth-order valence-corrected chi connectivity index (χ4v) is 1.59. The Kier molecular flexibility index (Phi) is 3.65. The van der Waals surface area contributed by atoms with Crippen molar-refractivity contribution in [2.24, 2.45) is 0 Å². The Bertz CT molecular complexity index is 334. The predicted octanol–water partition coefficient (Wildman–Crippen LogP) is 4.16. The Balaban J connectivity index is 3.25. The van der Waals surface area contributed by atoms with Crippen LogP contribution in [0.4, 0.5) is 8.78 Å². The minimum atomic E-state index is -0.466. The summed E-state index contributed by atoms with van der Waals surface area (Å²) in [5.41, 5.74) is 0.663. The minimum absolute atomic E-state index is 0.0494. The van der Waals surface area contributed by atoms with Crippen LogP contribution in [0.5, 0.6) is 0 Å². The summed E-state index contributed by atoms with van der Waals surface area (Å²) in [6.45, 7) is 5.33. The van der Waals surface area contributed by atoms with E-state index in [0.717, 1.165) is 0 Å². The maximum atomic E-state index is 13.6. The molecule has 1 aromatic carbocycles. The molecule has 2 atom stereocenters. The lowest BCUT2D eigenvalue weighted by atomic mass is 9.95. The molecule has 0 aliphatic heterocycles. The zero-order valence-corrected chi connectivity index (χ0v) is 10.0. The van der Waals surface area contributed by atoms with Crippen molar-refractivity contribution in [3.8, 4) is 0 Å². The van der Waals surface area contributed by atoms with Crippen LogP contribution in [-0.4, -0.2) is 4.83 Å². The molecule has 0 N–H and O–H groups in total. The first-order chi connectivity index (χ1) is 6.45. The Labute approximate surface area is 91.5 Å². The summed E-state index contributed by atoms with van der Waals surface area (Å²) in [7, 11) is 0. The lowest BCUT2D eigenvalue weighted by Crippen LogP contribution is -2.10. The Hall–Kier alpha value is -0.440. The topological polar surface area (TPSA) is 0 Å². The number of hydrogen-bond donors (Lipinski definition) is 0. The van der Waals surface area contributed by atoms with E-state index in [4.69, 9.17) is 0 Å². The highest BCUT2D eigenvalue weighted by molar-refractivity contribution is 9.09. The molecule has 1 rings (SSSR count). The lowest BCUT2D eigenvalue weighted by molar-refractivity contribution is 0.527. The zero-order chi connectivity index (χ0) is 10.9. The summed E-state index contributed by atoms with van der Waals surface area (Å²) in [6.07, 6.45) is 0. The SMILES string of the molecule is Cc1ccc(F)c(C(C)C(C)Br)c1F. The molecule has 2 unspecified atom stereocenters. The Morgan fingerprint density at radius 3 is 2.29 bits per heavy atom. The molecule has 0 spiro atoms. The monoisotopic (exact) mass is 262 g/mol.